The van der Waals surface area contributed by atoms with Gasteiger partial charge in [-0.1, -0.05) is 11.6 Å². The van der Waals surface area contributed by atoms with E-state index < -0.39 is 17.5 Å². The minimum atomic E-state index is -1.01. The summed E-state index contributed by atoms with van der Waals surface area (Å²) in [5.74, 6) is -1.26. The molecule has 1 aliphatic heterocycles. The summed E-state index contributed by atoms with van der Waals surface area (Å²) in [6, 6.07) is 2.44. The predicted octanol–water partition coefficient (Wildman–Crippen LogP) is 2.34. The van der Waals surface area contributed by atoms with Crippen LogP contribution in [0, 0.1) is 5.82 Å². The van der Waals surface area contributed by atoms with Crippen molar-refractivity contribution in [3.63, 3.8) is 0 Å². The summed E-state index contributed by atoms with van der Waals surface area (Å²) in [7, 11) is 0. The largest absolute Gasteiger partial charge is 0.481 e. The third kappa shape index (κ3) is 3.13. The average Bonchev–Trinajstić information content (AvgIpc) is 2.84. The van der Waals surface area contributed by atoms with Gasteiger partial charge in [-0.25, -0.2) is 9.18 Å². The van der Waals surface area contributed by atoms with Gasteiger partial charge in [-0.15, -0.1) is 16.9 Å². The van der Waals surface area contributed by atoms with Crippen molar-refractivity contribution in [3.05, 3.63) is 39.3 Å². The number of carbonyl (C=O) groups is 1. The van der Waals surface area contributed by atoms with Gasteiger partial charge in [-0.2, -0.15) is 4.68 Å². The first-order valence-corrected chi connectivity index (χ1v) is 8.36. The Bertz CT molecular complexity index is 833. The SMILES string of the molecule is O=C(O)CSc1cc(-n2nc3n(c2=O)CCCC3)c(F)cc1Cl. The van der Waals surface area contributed by atoms with Gasteiger partial charge in [-0.3, -0.25) is 9.36 Å². The fourth-order valence-corrected chi connectivity index (χ4v) is 3.47. The molecule has 2 heterocycles. The van der Waals surface area contributed by atoms with Gasteiger partial charge in [0.2, 0.25) is 0 Å². The summed E-state index contributed by atoms with van der Waals surface area (Å²) < 4.78 is 16.8. The Morgan fingerprint density at radius 1 is 1.43 bits per heavy atom. The van der Waals surface area contributed by atoms with Crippen molar-refractivity contribution < 1.29 is 14.3 Å². The molecular formula is C14H13ClFN3O3S. The number of thioether (sulfide) groups is 1. The Hall–Kier alpha value is -1.80. The number of aryl methyl sites for hydroxylation is 1. The fraction of sp³-hybridized carbons (Fsp3) is 0.357. The molecule has 0 spiro atoms. The highest BCUT2D eigenvalue weighted by atomic mass is 35.5. The number of fused-ring (bicyclic) bond motifs is 1. The second kappa shape index (κ2) is 6.37. The van der Waals surface area contributed by atoms with E-state index in [1.807, 2.05) is 0 Å². The molecule has 3 rings (SSSR count). The zero-order valence-corrected chi connectivity index (χ0v) is 13.5. The maximum absolute atomic E-state index is 14.2. The Kier molecular flexibility index (Phi) is 4.45. The molecule has 2 aromatic rings. The number of nitrogens with zero attached hydrogens (tertiary/aromatic N) is 3. The lowest BCUT2D eigenvalue weighted by molar-refractivity contribution is -0.133. The fourth-order valence-electron chi connectivity index (χ4n) is 2.49. The van der Waals surface area contributed by atoms with E-state index in [-0.39, 0.29) is 16.5 Å². The van der Waals surface area contributed by atoms with E-state index in [2.05, 4.69) is 5.10 Å². The minimum absolute atomic E-state index is 0.0193. The Morgan fingerprint density at radius 3 is 2.91 bits per heavy atom. The molecule has 0 bridgehead atoms. The molecule has 1 N–H and O–H groups in total. The molecule has 0 fully saturated rings. The maximum atomic E-state index is 14.2. The van der Waals surface area contributed by atoms with Crippen LogP contribution in [0.3, 0.4) is 0 Å². The van der Waals surface area contributed by atoms with Gasteiger partial charge in [-0.05, 0) is 25.0 Å². The molecule has 0 saturated carbocycles. The van der Waals surface area contributed by atoms with Gasteiger partial charge in [0.25, 0.3) is 0 Å². The van der Waals surface area contributed by atoms with Gasteiger partial charge in [0.05, 0.1) is 10.8 Å². The number of benzene rings is 1. The second-order valence-electron chi connectivity index (χ2n) is 5.14. The van der Waals surface area contributed by atoms with Crippen LogP contribution in [0.15, 0.2) is 21.8 Å². The van der Waals surface area contributed by atoms with Gasteiger partial charge in [0.1, 0.15) is 11.5 Å². The normalized spacial score (nSPS) is 13.8. The Balaban J connectivity index is 2.06. The van der Waals surface area contributed by atoms with Crippen molar-refractivity contribution >= 4 is 29.3 Å². The quantitative estimate of drug-likeness (QED) is 0.850. The summed E-state index contributed by atoms with van der Waals surface area (Å²) >= 11 is 6.91. The van der Waals surface area contributed by atoms with E-state index in [1.54, 1.807) is 4.57 Å². The molecule has 0 saturated heterocycles. The van der Waals surface area contributed by atoms with Crippen molar-refractivity contribution in [3.8, 4) is 5.69 Å². The molecule has 9 heteroatoms. The van der Waals surface area contributed by atoms with Crippen molar-refractivity contribution in [1.82, 2.24) is 14.3 Å². The van der Waals surface area contributed by atoms with Gasteiger partial charge in [0.15, 0.2) is 5.82 Å². The number of rotatable bonds is 4. The van der Waals surface area contributed by atoms with Crippen LogP contribution in [0.5, 0.6) is 0 Å². The Labute approximate surface area is 139 Å². The molecule has 0 unspecified atom stereocenters. The minimum Gasteiger partial charge on any atom is -0.481 e. The van der Waals surface area contributed by atoms with E-state index in [4.69, 9.17) is 16.7 Å². The highest BCUT2D eigenvalue weighted by Crippen LogP contribution is 2.31. The molecule has 0 aliphatic carbocycles. The third-order valence-electron chi connectivity index (χ3n) is 3.55. The number of aliphatic carboxylic acids is 1. The maximum Gasteiger partial charge on any atom is 0.350 e. The summed E-state index contributed by atoms with van der Waals surface area (Å²) in [6.07, 6.45) is 2.51. The van der Waals surface area contributed by atoms with Crippen LogP contribution in [-0.4, -0.2) is 31.2 Å². The predicted molar refractivity (Wildman–Crippen MR) is 84.1 cm³/mol. The third-order valence-corrected chi connectivity index (χ3v) is 5.02. The van der Waals surface area contributed by atoms with Gasteiger partial charge < -0.3 is 5.11 Å². The molecule has 6 nitrogen and oxygen atoms in total. The van der Waals surface area contributed by atoms with E-state index in [0.717, 1.165) is 35.4 Å². The smallest absolute Gasteiger partial charge is 0.350 e. The van der Waals surface area contributed by atoms with Crippen molar-refractivity contribution in [2.45, 2.75) is 30.7 Å². The standard InChI is InChI=1S/C14H13ClFN3O3S/c15-8-5-9(16)10(6-11(8)23-7-13(20)21)19-14(22)18-4-2-1-3-12(18)17-19/h5-6H,1-4,7H2,(H,20,21). The highest BCUT2D eigenvalue weighted by molar-refractivity contribution is 8.00. The lowest BCUT2D eigenvalue weighted by Crippen LogP contribution is -2.26. The molecule has 0 amide bonds. The van der Waals surface area contributed by atoms with E-state index in [1.165, 1.54) is 6.07 Å². The molecule has 122 valence electrons. The van der Waals surface area contributed by atoms with E-state index >= 15 is 0 Å². The number of carboxylic acid groups (broad SMARTS) is 1. The number of carboxylic acids is 1. The number of hydrogen-bond acceptors (Lipinski definition) is 4. The summed E-state index contributed by atoms with van der Waals surface area (Å²) in [5.41, 5.74) is -0.413. The summed E-state index contributed by atoms with van der Waals surface area (Å²) in [5, 5.41) is 13.1. The molecule has 23 heavy (non-hydrogen) atoms. The zero-order chi connectivity index (χ0) is 16.6. The first-order chi connectivity index (χ1) is 11.0. The second-order valence-corrected chi connectivity index (χ2v) is 6.56. The molecule has 1 aliphatic rings. The first kappa shape index (κ1) is 16.1. The van der Waals surface area contributed by atoms with Gasteiger partial charge >= 0.3 is 11.7 Å². The topological polar surface area (TPSA) is 77.1 Å². The van der Waals surface area contributed by atoms with E-state index in [0.29, 0.717) is 23.7 Å². The molecule has 1 aromatic heterocycles. The summed E-state index contributed by atoms with van der Waals surface area (Å²) in [6.45, 7) is 0.573. The highest BCUT2D eigenvalue weighted by Gasteiger charge is 2.20. The van der Waals surface area contributed by atoms with Crippen LogP contribution >= 0.6 is 23.4 Å². The van der Waals surface area contributed by atoms with E-state index in [9.17, 15) is 14.0 Å². The van der Waals surface area contributed by atoms with Crippen LogP contribution in [0.4, 0.5) is 4.39 Å². The molecule has 0 radical (unpaired) electrons. The molecular weight excluding hydrogens is 345 g/mol. The lowest BCUT2D eigenvalue weighted by Gasteiger charge is -2.09. The lowest BCUT2D eigenvalue weighted by atomic mass is 10.2. The molecule has 1 aromatic carbocycles. The van der Waals surface area contributed by atoms with Crippen LogP contribution in [0.2, 0.25) is 5.02 Å². The van der Waals surface area contributed by atoms with Crippen molar-refractivity contribution in [1.29, 1.82) is 0 Å². The van der Waals surface area contributed by atoms with Crippen LogP contribution < -0.4 is 5.69 Å². The number of aromatic nitrogens is 3. The molecule has 0 atom stereocenters. The Morgan fingerprint density at radius 2 is 2.22 bits per heavy atom. The monoisotopic (exact) mass is 357 g/mol. The van der Waals surface area contributed by atoms with Crippen molar-refractivity contribution in [2.24, 2.45) is 0 Å². The average molecular weight is 358 g/mol. The summed E-state index contributed by atoms with van der Waals surface area (Å²) in [4.78, 5) is 23.5. The van der Waals surface area contributed by atoms with Crippen LogP contribution in [0.1, 0.15) is 18.7 Å². The number of halogens is 2. The zero-order valence-electron chi connectivity index (χ0n) is 12.0. The van der Waals surface area contributed by atoms with Gasteiger partial charge in [0, 0.05) is 17.9 Å². The van der Waals surface area contributed by atoms with Crippen LogP contribution in [-0.2, 0) is 17.8 Å². The van der Waals surface area contributed by atoms with Crippen LogP contribution in [0.25, 0.3) is 5.69 Å². The van der Waals surface area contributed by atoms with Crippen molar-refractivity contribution in [2.75, 3.05) is 5.75 Å². The first-order valence-electron chi connectivity index (χ1n) is 7.00. The number of hydrogen-bond donors (Lipinski definition) is 1.